The van der Waals surface area contributed by atoms with Crippen molar-refractivity contribution in [1.82, 2.24) is 15.6 Å². The number of thiophene rings is 1. The fourth-order valence-corrected chi connectivity index (χ4v) is 3.09. The smallest absolute Gasteiger partial charge is 0.217 e. The van der Waals surface area contributed by atoms with Gasteiger partial charge in [0.2, 0.25) is 11.0 Å². The summed E-state index contributed by atoms with van der Waals surface area (Å²) >= 11 is 3.03. The summed E-state index contributed by atoms with van der Waals surface area (Å²) in [5.41, 5.74) is 6.46. The molecule has 2 aromatic heterocycles. The summed E-state index contributed by atoms with van der Waals surface area (Å²) in [7, 11) is 1.71. The quantitative estimate of drug-likeness (QED) is 0.592. The van der Waals surface area contributed by atoms with Crippen molar-refractivity contribution in [3.8, 4) is 10.6 Å². The number of hydrogen-bond acceptors (Lipinski definition) is 5. The van der Waals surface area contributed by atoms with Crippen LogP contribution in [0.1, 0.15) is 11.8 Å². The van der Waals surface area contributed by atoms with E-state index in [2.05, 4.69) is 20.6 Å². The Morgan fingerprint density at radius 1 is 1.50 bits per heavy atom. The van der Waals surface area contributed by atoms with Crippen LogP contribution in [-0.2, 0) is 11.3 Å². The lowest BCUT2D eigenvalue weighted by Gasteiger charge is -1.97. The van der Waals surface area contributed by atoms with Gasteiger partial charge in [0.25, 0.3) is 0 Å². The number of rotatable bonds is 4. The Bertz CT molecular complexity index is 631. The third-order valence-electron chi connectivity index (χ3n) is 2.39. The van der Waals surface area contributed by atoms with Crippen molar-refractivity contribution in [2.24, 2.45) is 10.7 Å². The molecule has 0 radical (unpaired) electrons. The van der Waals surface area contributed by atoms with E-state index in [9.17, 15) is 4.79 Å². The molecule has 0 spiro atoms. The summed E-state index contributed by atoms with van der Waals surface area (Å²) in [6.45, 7) is 2.05. The van der Waals surface area contributed by atoms with Crippen molar-refractivity contribution >= 4 is 39.7 Å². The molecule has 0 aromatic carbocycles. The fraction of sp³-hybridized carbons (Fsp3) is 0.250. The molecule has 2 aromatic rings. The minimum atomic E-state index is -0.0345. The normalized spacial score (nSPS) is 11.4. The Morgan fingerprint density at radius 2 is 2.30 bits per heavy atom. The van der Waals surface area contributed by atoms with E-state index in [1.165, 1.54) is 18.3 Å². The van der Waals surface area contributed by atoms with Crippen LogP contribution in [0.4, 0.5) is 5.13 Å². The number of nitrogens with one attached hydrogen (secondary N) is 2. The van der Waals surface area contributed by atoms with Crippen LogP contribution >= 0.6 is 22.7 Å². The van der Waals surface area contributed by atoms with E-state index in [0.717, 1.165) is 15.4 Å². The molecule has 0 saturated carbocycles. The van der Waals surface area contributed by atoms with Crippen molar-refractivity contribution in [3.05, 3.63) is 22.4 Å². The zero-order valence-corrected chi connectivity index (χ0v) is 12.8. The molecule has 2 rings (SSSR count). The third-order valence-corrected chi connectivity index (χ3v) is 4.23. The van der Waals surface area contributed by atoms with Gasteiger partial charge in [-0.1, -0.05) is 0 Å². The summed E-state index contributed by atoms with van der Waals surface area (Å²) < 4.78 is 0. The van der Waals surface area contributed by atoms with Gasteiger partial charge in [-0.15, -0.1) is 22.7 Å². The Morgan fingerprint density at radius 3 is 3.00 bits per heavy atom. The van der Waals surface area contributed by atoms with Crippen LogP contribution in [0.2, 0.25) is 0 Å². The minimum absolute atomic E-state index is 0.0345. The fourth-order valence-electron chi connectivity index (χ4n) is 1.41. The standard InChI is InChI=1S/C12H15N5OS2/c1-7(18)15-5-8-3-4-10(20-8)9-6-19-12(16-9)17-11(13)14-2/h3-4,6H,5H2,1-2H3,(H,15,18)(H3,13,14,16,17). The highest BCUT2D eigenvalue weighted by Gasteiger charge is 2.08. The Balaban J connectivity index is 2.10. The topological polar surface area (TPSA) is 92.4 Å². The van der Waals surface area contributed by atoms with E-state index in [1.807, 2.05) is 17.5 Å². The molecule has 8 heteroatoms. The van der Waals surface area contributed by atoms with Gasteiger partial charge in [-0.2, -0.15) is 4.99 Å². The van der Waals surface area contributed by atoms with Crippen molar-refractivity contribution < 1.29 is 4.79 Å². The molecule has 6 nitrogen and oxygen atoms in total. The maximum Gasteiger partial charge on any atom is 0.217 e. The van der Waals surface area contributed by atoms with Gasteiger partial charge < -0.3 is 16.4 Å². The van der Waals surface area contributed by atoms with Crippen LogP contribution in [0, 0.1) is 0 Å². The first-order valence-corrected chi connectivity index (χ1v) is 7.59. The van der Waals surface area contributed by atoms with E-state index < -0.39 is 0 Å². The van der Waals surface area contributed by atoms with E-state index in [0.29, 0.717) is 17.6 Å². The zero-order chi connectivity index (χ0) is 14.5. The van der Waals surface area contributed by atoms with Gasteiger partial charge in [0.05, 0.1) is 17.1 Å². The number of aliphatic imine (C=N–C) groups is 1. The van der Waals surface area contributed by atoms with Crippen LogP contribution in [0.25, 0.3) is 10.6 Å². The maximum atomic E-state index is 10.9. The zero-order valence-electron chi connectivity index (χ0n) is 11.1. The van der Waals surface area contributed by atoms with Crippen molar-refractivity contribution in [2.75, 3.05) is 7.05 Å². The number of aromatic nitrogens is 1. The number of nitrogens with two attached hydrogens (primary N) is 1. The number of carbonyl (C=O) groups excluding carboxylic acids is 1. The van der Waals surface area contributed by atoms with Crippen LogP contribution < -0.4 is 16.4 Å². The average Bonchev–Trinajstić information content (AvgIpc) is 3.04. The van der Waals surface area contributed by atoms with Crippen LogP contribution in [0.15, 0.2) is 22.5 Å². The van der Waals surface area contributed by atoms with Gasteiger partial charge in [-0.05, 0) is 12.1 Å². The summed E-state index contributed by atoms with van der Waals surface area (Å²) in [6.07, 6.45) is 0. The predicted molar refractivity (Wildman–Crippen MR) is 83.3 cm³/mol. The lowest BCUT2D eigenvalue weighted by atomic mass is 10.3. The van der Waals surface area contributed by atoms with E-state index in [-0.39, 0.29) is 5.91 Å². The number of nitrogens with zero attached hydrogens (tertiary/aromatic N) is 2. The van der Waals surface area contributed by atoms with Gasteiger partial charge >= 0.3 is 0 Å². The summed E-state index contributed by atoms with van der Waals surface area (Å²) in [6, 6.07) is 3.98. The second-order valence-corrected chi connectivity index (χ2v) is 5.94. The molecular weight excluding hydrogens is 294 g/mol. The first-order chi connectivity index (χ1) is 9.58. The maximum absolute atomic E-state index is 10.9. The van der Waals surface area contributed by atoms with Gasteiger partial charge in [0, 0.05) is 24.2 Å². The SMILES string of the molecule is CN/C(N)=N/c1nc(-c2ccc(CNC(C)=O)s2)cs1. The summed E-state index contributed by atoms with van der Waals surface area (Å²) in [5, 5.41) is 8.08. The number of carbonyl (C=O) groups is 1. The lowest BCUT2D eigenvalue weighted by molar-refractivity contribution is -0.119. The predicted octanol–water partition coefficient (Wildman–Crippen LogP) is 1.67. The van der Waals surface area contributed by atoms with Crippen molar-refractivity contribution in [1.29, 1.82) is 0 Å². The Hall–Kier alpha value is -1.93. The molecule has 0 aliphatic heterocycles. The molecule has 0 fully saturated rings. The monoisotopic (exact) mass is 309 g/mol. The first-order valence-electron chi connectivity index (χ1n) is 5.89. The van der Waals surface area contributed by atoms with Crippen molar-refractivity contribution in [2.45, 2.75) is 13.5 Å². The highest BCUT2D eigenvalue weighted by atomic mass is 32.1. The molecule has 0 saturated heterocycles. The molecule has 0 atom stereocenters. The van der Waals surface area contributed by atoms with E-state index in [1.54, 1.807) is 18.4 Å². The minimum Gasteiger partial charge on any atom is -0.370 e. The molecule has 0 bridgehead atoms. The highest BCUT2D eigenvalue weighted by Crippen LogP contribution is 2.31. The van der Waals surface area contributed by atoms with Crippen LogP contribution in [0.5, 0.6) is 0 Å². The van der Waals surface area contributed by atoms with E-state index >= 15 is 0 Å². The first kappa shape index (κ1) is 14.5. The highest BCUT2D eigenvalue weighted by molar-refractivity contribution is 7.16. The molecule has 4 N–H and O–H groups in total. The van der Waals surface area contributed by atoms with Gasteiger partial charge in [0.1, 0.15) is 0 Å². The molecular formula is C12H15N5OS2. The molecule has 2 heterocycles. The third kappa shape index (κ3) is 3.78. The summed E-state index contributed by atoms with van der Waals surface area (Å²) in [4.78, 5) is 21.6. The van der Waals surface area contributed by atoms with Crippen molar-refractivity contribution in [3.63, 3.8) is 0 Å². The Labute approximate surface area is 124 Å². The number of hydrogen-bond donors (Lipinski definition) is 3. The lowest BCUT2D eigenvalue weighted by Crippen LogP contribution is -2.27. The molecule has 0 unspecified atom stereocenters. The van der Waals surface area contributed by atoms with E-state index in [4.69, 9.17) is 5.73 Å². The number of amides is 1. The van der Waals surface area contributed by atoms with Gasteiger partial charge in [-0.3, -0.25) is 4.79 Å². The van der Waals surface area contributed by atoms with Crippen LogP contribution in [0.3, 0.4) is 0 Å². The molecule has 0 aliphatic rings. The van der Waals surface area contributed by atoms with Gasteiger partial charge in [-0.25, -0.2) is 4.98 Å². The average molecular weight is 309 g/mol. The van der Waals surface area contributed by atoms with Gasteiger partial charge in [0.15, 0.2) is 5.96 Å². The Kier molecular flexibility index (Phi) is 4.70. The molecule has 1 amide bonds. The second kappa shape index (κ2) is 6.49. The molecule has 0 aliphatic carbocycles. The summed E-state index contributed by atoms with van der Waals surface area (Å²) in [5.74, 6) is 0.302. The molecule has 20 heavy (non-hydrogen) atoms. The number of guanidine groups is 1. The van der Waals surface area contributed by atoms with Crippen LogP contribution in [-0.4, -0.2) is 23.9 Å². The second-order valence-electron chi connectivity index (χ2n) is 3.94. The largest absolute Gasteiger partial charge is 0.370 e. The molecule has 106 valence electrons. The number of thiazole rings is 1.